The van der Waals surface area contributed by atoms with Crippen LogP contribution in [0.25, 0.3) is 0 Å². The molecule has 3 rings (SSSR count). The molecule has 2 amide bonds. The third-order valence-corrected chi connectivity index (χ3v) is 4.96. The predicted molar refractivity (Wildman–Crippen MR) is 123 cm³/mol. The zero-order chi connectivity index (χ0) is 23.1. The standard InChI is InChI=1S/C23H18Cl2FN3O3/c1-14(28-29-23(31)22(30)27-17-9-7-16(24)8-10-17)15-5-11-18(12-6-15)32-13-19-20(25)3-2-4-21(19)26/h2-12H,13H2,1H3,(H,27,30)(H,29,31)/b28-14+. The summed E-state index contributed by atoms with van der Waals surface area (Å²) in [5, 5.41) is 7.19. The van der Waals surface area contributed by atoms with Crippen molar-refractivity contribution in [3.63, 3.8) is 0 Å². The highest BCUT2D eigenvalue weighted by Crippen LogP contribution is 2.22. The first-order valence-corrected chi connectivity index (χ1v) is 10.2. The molecule has 0 bridgehead atoms. The number of amides is 2. The van der Waals surface area contributed by atoms with Crippen molar-refractivity contribution >= 4 is 46.4 Å². The van der Waals surface area contributed by atoms with E-state index in [0.29, 0.717) is 32.8 Å². The summed E-state index contributed by atoms with van der Waals surface area (Å²) in [7, 11) is 0. The van der Waals surface area contributed by atoms with Crippen LogP contribution in [0.15, 0.2) is 71.8 Å². The molecule has 0 saturated heterocycles. The topological polar surface area (TPSA) is 79.8 Å². The van der Waals surface area contributed by atoms with Gasteiger partial charge in [0, 0.05) is 16.3 Å². The molecule has 0 heterocycles. The molecule has 0 unspecified atom stereocenters. The lowest BCUT2D eigenvalue weighted by Gasteiger charge is -2.09. The number of ether oxygens (including phenoxy) is 1. The van der Waals surface area contributed by atoms with Crippen LogP contribution in [-0.4, -0.2) is 17.5 Å². The summed E-state index contributed by atoms with van der Waals surface area (Å²) in [6.07, 6.45) is 0. The molecule has 0 atom stereocenters. The van der Waals surface area contributed by atoms with Gasteiger partial charge in [0.05, 0.1) is 10.7 Å². The monoisotopic (exact) mass is 473 g/mol. The number of nitrogens with one attached hydrogen (secondary N) is 2. The van der Waals surface area contributed by atoms with Gasteiger partial charge in [0.25, 0.3) is 0 Å². The van der Waals surface area contributed by atoms with E-state index >= 15 is 0 Å². The van der Waals surface area contributed by atoms with E-state index in [-0.39, 0.29) is 12.2 Å². The highest BCUT2D eigenvalue weighted by molar-refractivity contribution is 6.39. The van der Waals surface area contributed by atoms with E-state index in [0.717, 1.165) is 0 Å². The molecule has 0 aromatic heterocycles. The third kappa shape index (κ3) is 6.29. The normalized spacial score (nSPS) is 11.1. The van der Waals surface area contributed by atoms with Gasteiger partial charge in [-0.25, -0.2) is 9.82 Å². The van der Waals surface area contributed by atoms with E-state index in [4.69, 9.17) is 27.9 Å². The van der Waals surface area contributed by atoms with Crippen molar-refractivity contribution in [1.29, 1.82) is 0 Å². The second-order valence-corrected chi connectivity index (χ2v) is 7.46. The summed E-state index contributed by atoms with van der Waals surface area (Å²) in [5.74, 6) is -1.71. The Balaban J connectivity index is 1.55. The van der Waals surface area contributed by atoms with Crippen LogP contribution >= 0.6 is 23.2 Å². The van der Waals surface area contributed by atoms with Gasteiger partial charge in [0.15, 0.2) is 0 Å². The van der Waals surface area contributed by atoms with Crippen LogP contribution < -0.4 is 15.5 Å². The van der Waals surface area contributed by atoms with Gasteiger partial charge < -0.3 is 10.1 Å². The van der Waals surface area contributed by atoms with Gasteiger partial charge in [-0.15, -0.1) is 0 Å². The second kappa shape index (κ2) is 10.7. The maximum absolute atomic E-state index is 13.8. The molecule has 32 heavy (non-hydrogen) atoms. The smallest absolute Gasteiger partial charge is 0.329 e. The van der Waals surface area contributed by atoms with Crippen LogP contribution in [0.5, 0.6) is 5.75 Å². The number of hydrogen-bond acceptors (Lipinski definition) is 4. The Morgan fingerprint density at radius 2 is 1.66 bits per heavy atom. The lowest BCUT2D eigenvalue weighted by atomic mass is 10.1. The quantitative estimate of drug-likeness (QED) is 0.293. The van der Waals surface area contributed by atoms with Gasteiger partial charge in [0.1, 0.15) is 18.2 Å². The van der Waals surface area contributed by atoms with Gasteiger partial charge in [-0.3, -0.25) is 9.59 Å². The molecule has 0 spiro atoms. The molecular weight excluding hydrogens is 456 g/mol. The fraction of sp³-hybridized carbons (Fsp3) is 0.0870. The number of benzene rings is 3. The number of halogens is 3. The van der Waals surface area contributed by atoms with E-state index in [1.807, 2.05) is 0 Å². The second-order valence-electron chi connectivity index (χ2n) is 6.61. The molecule has 3 aromatic carbocycles. The van der Waals surface area contributed by atoms with Crippen molar-refractivity contribution in [2.75, 3.05) is 5.32 Å². The van der Waals surface area contributed by atoms with Crippen molar-refractivity contribution in [3.8, 4) is 5.75 Å². The highest BCUT2D eigenvalue weighted by Gasteiger charge is 2.13. The SMILES string of the molecule is C/C(=N\NC(=O)C(=O)Nc1ccc(Cl)cc1)c1ccc(OCc2c(F)cccc2Cl)cc1. The van der Waals surface area contributed by atoms with Gasteiger partial charge in [0.2, 0.25) is 0 Å². The van der Waals surface area contributed by atoms with Gasteiger partial charge in [-0.2, -0.15) is 5.10 Å². The minimum atomic E-state index is -0.916. The third-order valence-electron chi connectivity index (χ3n) is 4.35. The van der Waals surface area contributed by atoms with Crippen molar-refractivity contribution in [1.82, 2.24) is 5.43 Å². The van der Waals surface area contributed by atoms with Crippen LogP contribution in [0, 0.1) is 5.82 Å². The Bertz CT molecular complexity index is 1130. The molecule has 3 aromatic rings. The number of carbonyl (C=O) groups is 2. The first-order valence-electron chi connectivity index (χ1n) is 9.41. The molecule has 0 radical (unpaired) electrons. The minimum Gasteiger partial charge on any atom is -0.489 e. The van der Waals surface area contributed by atoms with E-state index in [9.17, 15) is 14.0 Å². The van der Waals surface area contributed by atoms with Gasteiger partial charge in [-0.1, -0.05) is 29.3 Å². The van der Waals surface area contributed by atoms with E-state index in [1.54, 1.807) is 61.5 Å². The van der Waals surface area contributed by atoms with Crippen LogP contribution in [0.1, 0.15) is 18.1 Å². The number of anilines is 1. The zero-order valence-electron chi connectivity index (χ0n) is 16.9. The number of hydrazone groups is 1. The van der Waals surface area contributed by atoms with E-state index < -0.39 is 17.6 Å². The molecular formula is C23H18Cl2FN3O3. The largest absolute Gasteiger partial charge is 0.489 e. The van der Waals surface area contributed by atoms with E-state index in [1.165, 1.54) is 12.1 Å². The lowest BCUT2D eigenvalue weighted by molar-refractivity contribution is -0.136. The summed E-state index contributed by atoms with van der Waals surface area (Å²) in [6.45, 7) is 1.66. The Morgan fingerprint density at radius 1 is 0.969 bits per heavy atom. The summed E-state index contributed by atoms with van der Waals surface area (Å²) in [6, 6.07) is 17.6. The van der Waals surface area contributed by atoms with Gasteiger partial charge in [-0.05, 0) is 73.2 Å². The molecule has 0 aliphatic rings. The molecule has 2 N–H and O–H groups in total. The average Bonchev–Trinajstić information content (AvgIpc) is 2.78. The lowest BCUT2D eigenvalue weighted by Crippen LogP contribution is -2.32. The summed E-state index contributed by atoms with van der Waals surface area (Å²) < 4.78 is 19.4. The molecule has 9 heteroatoms. The number of nitrogens with zero attached hydrogens (tertiary/aromatic N) is 1. The van der Waals surface area contributed by atoms with Crippen molar-refractivity contribution < 1.29 is 18.7 Å². The zero-order valence-corrected chi connectivity index (χ0v) is 18.4. The molecule has 0 aliphatic heterocycles. The maximum Gasteiger partial charge on any atom is 0.329 e. The molecule has 6 nitrogen and oxygen atoms in total. The number of rotatable bonds is 6. The van der Waals surface area contributed by atoms with Crippen LogP contribution in [0.3, 0.4) is 0 Å². The Kier molecular flexibility index (Phi) is 7.81. The van der Waals surface area contributed by atoms with E-state index in [2.05, 4.69) is 15.8 Å². The molecule has 0 aliphatic carbocycles. The molecule has 0 saturated carbocycles. The van der Waals surface area contributed by atoms with Crippen molar-refractivity contribution in [2.24, 2.45) is 5.10 Å². The Hall–Kier alpha value is -3.42. The summed E-state index contributed by atoms with van der Waals surface area (Å²) in [4.78, 5) is 23.9. The Labute approximate surface area is 194 Å². The maximum atomic E-state index is 13.8. The fourth-order valence-electron chi connectivity index (χ4n) is 2.59. The Morgan fingerprint density at radius 3 is 2.31 bits per heavy atom. The molecule has 164 valence electrons. The summed E-state index contributed by atoms with van der Waals surface area (Å²) >= 11 is 11.8. The highest BCUT2D eigenvalue weighted by atomic mass is 35.5. The molecule has 0 fully saturated rings. The summed E-state index contributed by atoms with van der Waals surface area (Å²) in [5.41, 5.74) is 4.08. The number of hydrogen-bond donors (Lipinski definition) is 2. The average molecular weight is 474 g/mol. The first-order chi connectivity index (χ1) is 15.3. The van der Waals surface area contributed by atoms with Crippen LogP contribution in [-0.2, 0) is 16.2 Å². The van der Waals surface area contributed by atoms with Crippen LogP contribution in [0.4, 0.5) is 10.1 Å². The minimum absolute atomic E-state index is 0.0171. The first kappa shape index (κ1) is 23.2. The fourth-order valence-corrected chi connectivity index (χ4v) is 2.93. The number of carbonyl (C=O) groups excluding carboxylic acids is 2. The van der Waals surface area contributed by atoms with Gasteiger partial charge >= 0.3 is 11.8 Å². The van der Waals surface area contributed by atoms with Crippen LogP contribution in [0.2, 0.25) is 10.0 Å². The predicted octanol–water partition coefficient (Wildman–Crippen LogP) is 5.19. The van der Waals surface area contributed by atoms with Crippen molar-refractivity contribution in [3.05, 3.63) is 93.7 Å². The van der Waals surface area contributed by atoms with Crippen molar-refractivity contribution in [2.45, 2.75) is 13.5 Å².